The molecule has 0 atom stereocenters. The van der Waals surface area contributed by atoms with Gasteiger partial charge < -0.3 is 9.73 Å². The number of hydrogen-bond acceptors (Lipinski definition) is 3. The average molecular weight is 387 g/mol. The molecule has 0 fully saturated rings. The standard InChI is InChI=1S/C24H18FNO3/c1-14-11-12-19(25)20(13-14)26-24(28)18-10-6-9-17-21(27)15(2)22(29-23(17)18)16-7-4-3-5-8-16/h3-13H,1-2H3,(H,26,28). The van der Waals surface area contributed by atoms with Crippen LogP contribution >= 0.6 is 0 Å². The molecule has 3 aromatic carbocycles. The van der Waals surface area contributed by atoms with E-state index in [-0.39, 0.29) is 22.3 Å². The maximum atomic E-state index is 14.1. The first-order chi connectivity index (χ1) is 14.0. The van der Waals surface area contributed by atoms with Crippen LogP contribution in [-0.4, -0.2) is 5.91 Å². The van der Waals surface area contributed by atoms with E-state index in [2.05, 4.69) is 5.32 Å². The first kappa shape index (κ1) is 18.6. The van der Waals surface area contributed by atoms with Crippen molar-refractivity contribution in [2.75, 3.05) is 5.32 Å². The second-order valence-corrected chi connectivity index (χ2v) is 6.87. The zero-order valence-corrected chi connectivity index (χ0v) is 16.0. The number of benzene rings is 3. The maximum Gasteiger partial charge on any atom is 0.259 e. The lowest BCUT2D eigenvalue weighted by Gasteiger charge is -2.11. The number of anilines is 1. The number of para-hydroxylation sites is 1. The van der Waals surface area contributed by atoms with Crippen molar-refractivity contribution in [1.82, 2.24) is 0 Å². The lowest BCUT2D eigenvalue weighted by molar-refractivity contribution is 0.102. The molecule has 0 aliphatic rings. The summed E-state index contributed by atoms with van der Waals surface area (Å²) in [5.74, 6) is -0.678. The lowest BCUT2D eigenvalue weighted by atomic mass is 10.0. The first-order valence-corrected chi connectivity index (χ1v) is 9.15. The van der Waals surface area contributed by atoms with Gasteiger partial charge in [0.2, 0.25) is 0 Å². The Hall–Kier alpha value is -3.73. The van der Waals surface area contributed by atoms with E-state index in [4.69, 9.17) is 4.42 Å². The molecule has 29 heavy (non-hydrogen) atoms. The molecule has 1 amide bonds. The Morgan fingerprint density at radius 2 is 1.72 bits per heavy atom. The quantitative estimate of drug-likeness (QED) is 0.507. The van der Waals surface area contributed by atoms with Crippen LogP contribution in [0.5, 0.6) is 0 Å². The van der Waals surface area contributed by atoms with Gasteiger partial charge in [-0.3, -0.25) is 9.59 Å². The molecule has 144 valence electrons. The number of amides is 1. The smallest absolute Gasteiger partial charge is 0.259 e. The molecule has 4 aromatic rings. The third-order valence-electron chi connectivity index (χ3n) is 4.80. The van der Waals surface area contributed by atoms with Crippen LogP contribution in [-0.2, 0) is 0 Å². The zero-order valence-electron chi connectivity index (χ0n) is 16.0. The SMILES string of the molecule is Cc1ccc(F)c(NC(=O)c2cccc3c(=O)c(C)c(-c4ccccc4)oc23)c1. The summed E-state index contributed by atoms with van der Waals surface area (Å²) < 4.78 is 20.1. The molecule has 0 aliphatic carbocycles. The van der Waals surface area contributed by atoms with Crippen molar-refractivity contribution in [3.63, 3.8) is 0 Å². The van der Waals surface area contributed by atoms with Crippen molar-refractivity contribution >= 4 is 22.6 Å². The van der Waals surface area contributed by atoms with E-state index in [1.54, 1.807) is 44.2 Å². The molecule has 1 heterocycles. The molecule has 4 nitrogen and oxygen atoms in total. The average Bonchev–Trinajstić information content (AvgIpc) is 2.73. The minimum Gasteiger partial charge on any atom is -0.455 e. The van der Waals surface area contributed by atoms with Gasteiger partial charge in [-0.2, -0.15) is 0 Å². The van der Waals surface area contributed by atoms with Crippen molar-refractivity contribution in [1.29, 1.82) is 0 Å². The number of hydrogen-bond donors (Lipinski definition) is 1. The largest absolute Gasteiger partial charge is 0.455 e. The van der Waals surface area contributed by atoms with Gasteiger partial charge in [-0.15, -0.1) is 0 Å². The number of nitrogens with one attached hydrogen (secondary N) is 1. The Morgan fingerprint density at radius 1 is 0.966 bits per heavy atom. The van der Waals surface area contributed by atoms with Crippen LogP contribution in [0.4, 0.5) is 10.1 Å². The summed E-state index contributed by atoms with van der Waals surface area (Å²) in [4.78, 5) is 25.8. The highest BCUT2D eigenvalue weighted by Gasteiger charge is 2.19. The Bertz CT molecular complexity index is 1290. The van der Waals surface area contributed by atoms with E-state index in [0.29, 0.717) is 16.7 Å². The van der Waals surface area contributed by atoms with Crippen LogP contribution in [0.15, 0.2) is 75.9 Å². The number of carbonyl (C=O) groups excluding carboxylic acids is 1. The van der Waals surface area contributed by atoms with Crippen LogP contribution in [0, 0.1) is 19.7 Å². The fraction of sp³-hybridized carbons (Fsp3) is 0.0833. The summed E-state index contributed by atoms with van der Waals surface area (Å²) in [6.07, 6.45) is 0. The minimum atomic E-state index is -0.550. The van der Waals surface area contributed by atoms with Crippen LogP contribution in [0.3, 0.4) is 0 Å². The molecule has 0 saturated heterocycles. The Balaban J connectivity index is 1.87. The fourth-order valence-electron chi connectivity index (χ4n) is 3.28. The molecule has 0 unspecified atom stereocenters. The van der Waals surface area contributed by atoms with E-state index in [1.165, 1.54) is 6.07 Å². The molecule has 0 bridgehead atoms. The van der Waals surface area contributed by atoms with Gasteiger partial charge in [-0.05, 0) is 43.7 Å². The van der Waals surface area contributed by atoms with Gasteiger partial charge in [0, 0.05) is 11.1 Å². The number of aryl methyl sites for hydroxylation is 1. The number of carbonyl (C=O) groups is 1. The minimum absolute atomic E-state index is 0.0738. The van der Waals surface area contributed by atoms with Gasteiger partial charge in [0.1, 0.15) is 11.6 Å². The predicted octanol–water partition coefficient (Wildman–Crippen LogP) is 5.47. The molecule has 0 aliphatic heterocycles. The highest BCUT2D eigenvalue weighted by molar-refractivity contribution is 6.11. The van der Waals surface area contributed by atoms with E-state index < -0.39 is 11.7 Å². The van der Waals surface area contributed by atoms with Crippen LogP contribution in [0.1, 0.15) is 21.5 Å². The third kappa shape index (κ3) is 3.43. The summed E-state index contributed by atoms with van der Waals surface area (Å²) in [5.41, 5.74) is 2.22. The van der Waals surface area contributed by atoms with Crippen molar-refractivity contribution in [2.45, 2.75) is 13.8 Å². The van der Waals surface area contributed by atoms with E-state index in [0.717, 1.165) is 11.1 Å². The first-order valence-electron chi connectivity index (χ1n) is 9.15. The van der Waals surface area contributed by atoms with Crippen LogP contribution in [0.2, 0.25) is 0 Å². The highest BCUT2D eigenvalue weighted by Crippen LogP contribution is 2.28. The summed E-state index contributed by atoms with van der Waals surface area (Å²) in [5, 5.41) is 2.88. The molecular weight excluding hydrogens is 369 g/mol. The van der Waals surface area contributed by atoms with Crippen LogP contribution < -0.4 is 10.7 Å². The van der Waals surface area contributed by atoms with Gasteiger partial charge in [-0.25, -0.2) is 4.39 Å². The Kier molecular flexibility index (Phi) is 4.72. The molecule has 1 N–H and O–H groups in total. The fourth-order valence-corrected chi connectivity index (χ4v) is 3.28. The van der Waals surface area contributed by atoms with Gasteiger partial charge in [-0.1, -0.05) is 42.5 Å². The van der Waals surface area contributed by atoms with Gasteiger partial charge in [0.15, 0.2) is 11.0 Å². The molecule has 4 rings (SSSR count). The van der Waals surface area contributed by atoms with Crippen molar-refractivity contribution < 1.29 is 13.6 Å². The summed E-state index contributed by atoms with van der Waals surface area (Å²) >= 11 is 0. The second-order valence-electron chi connectivity index (χ2n) is 6.87. The lowest BCUT2D eigenvalue weighted by Crippen LogP contribution is -2.15. The monoisotopic (exact) mass is 387 g/mol. The molecule has 0 spiro atoms. The highest BCUT2D eigenvalue weighted by atomic mass is 19.1. The van der Waals surface area contributed by atoms with Crippen molar-refractivity contribution in [3.8, 4) is 11.3 Å². The van der Waals surface area contributed by atoms with E-state index in [9.17, 15) is 14.0 Å². The Morgan fingerprint density at radius 3 is 2.48 bits per heavy atom. The summed E-state index contributed by atoms with van der Waals surface area (Å²) in [6.45, 7) is 3.50. The van der Waals surface area contributed by atoms with E-state index in [1.807, 2.05) is 30.3 Å². The normalized spacial score (nSPS) is 10.9. The molecule has 5 heteroatoms. The molecular formula is C24H18FNO3. The summed E-state index contributed by atoms with van der Waals surface area (Å²) in [6, 6.07) is 18.5. The zero-order chi connectivity index (χ0) is 20.5. The number of rotatable bonds is 3. The second kappa shape index (κ2) is 7.36. The van der Waals surface area contributed by atoms with E-state index >= 15 is 0 Å². The topological polar surface area (TPSA) is 59.3 Å². The molecule has 1 aromatic heterocycles. The molecule has 0 saturated carbocycles. The maximum absolute atomic E-state index is 14.1. The van der Waals surface area contributed by atoms with Crippen molar-refractivity contribution in [2.24, 2.45) is 0 Å². The van der Waals surface area contributed by atoms with Gasteiger partial charge in [0.05, 0.1) is 16.6 Å². The van der Waals surface area contributed by atoms with Gasteiger partial charge >= 0.3 is 0 Å². The number of fused-ring (bicyclic) bond motifs is 1. The number of halogens is 1. The van der Waals surface area contributed by atoms with Gasteiger partial charge in [0.25, 0.3) is 5.91 Å². The third-order valence-corrected chi connectivity index (χ3v) is 4.80. The van der Waals surface area contributed by atoms with Crippen LogP contribution in [0.25, 0.3) is 22.3 Å². The molecule has 0 radical (unpaired) electrons. The predicted molar refractivity (Wildman–Crippen MR) is 112 cm³/mol. The van der Waals surface area contributed by atoms with Crippen molar-refractivity contribution in [3.05, 3.63) is 99.5 Å². The Labute approximate surface area is 166 Å². The summed E-state index contributed by atoms with van der Waals surface area (Å²) in [7, 11) is 0.